The van der Waals surface area contributed by atoms with Gasteiger partial charge in [-0.15, -0.1) is 17.5 Å². The average molecular weight is 432 g/mol. The Balaban J connectivity index is 0.00000320. The van der Waals surface area contributed by atoms with Crippen molar-refractivity contribution >= 4 is 18.3 Å². The maximum atomic E-state index is 12.5. The van der Waals surface area contributed by atoms with Crippen LogP contribution in [0.4, 0.5) is 0 Å². The lowest BCUT2D eigenvalue weighted by molar-refractivity contribution is 0.0945. The molecule has 9 heteroatoms. The Labute approximate surface area is 181 Å². The Morgan fingerprint density at radius 3 is 2.47 bits per heavy atom. The minimum absolute atomic E-state index is 0. The molecule has 3 rings (SSSR count). The van der Waals surface area contributed by atoms with Gasteiger partial charge < -0.3 is 20.5 Å². The lowest BCUT2D eigenvalue weighted by Gasteiger charge is -2.12. The number of hydrogen-bond acceptors (Lipinski definition) is 6. The van der Waals surface area contributed by atoms with Gasteiger partial charge in [0.1, 0.15) is 12.4 Å². The Bertz CT molecular complexity index is 932. The van der Waals surface area contributed by atoms with Crippen LogP contribution in [-0.2, 0) is 4.74 Å². The zero-order valence-corrected chi connectivity index (χ0v) is 17.8. The molecular formula is C21H26ClN5O3. The summed E-state index contributed by atoms with van der Waals surface area (Å²) in [5.41, 5.74) is 8.63. The zero-order valence-electron chi connectivity index (χ0n) is 16.9. The van der Waals surface area contributed by atoms with Crippen LogP contribution in [0.25, 0.3) is 5.69 Å². The molecule has 0 aliphatic carbocycles. The maximum absolute atomic E-state index is 12.5. The topological polar surface area (TPSA) is 104 Å². The predicted molar refractivity (Wildman–Crippen MR) is 116 cm³/mol. The maximum Gasteiger partial charge on any atom is 0.273 e. The van der Waals surface area contributed by atoms with Gasteiger partial charge in [-0.3, -0.25) is 4.79 Å². The Morgan fingerprint density at radius 1 is 1.10 bits per heavy atom. The van der Waals surface area contributed by atoms with Crippen LogP contribution in [0.3, 0.4) is 0 Å². The van der Waals surface area contributed by atoms with Gasteiger partial charge in [0.15, 0.2) is 5.69 Å². The van der Waals surface area contributed by atoms with Crippen LogP contribution in [-0.4, -0.2) is 47.8 Å². The minimum atomic E-state index is -0.306. The summed E-state index contributed by atoms with van der Waals surface area (Å²) in [6.45, 7) is 3.05. The summed E-state index contributed by atoms with van der Waals surface area (Å²) < 4.78 is 10.5. The van der Waals surface area contributed by atoms with E-state index in [9.17, 15) is 4.79 Å². The number of nitrogens with two attached hydrogens (primary N) is 1. The lowest BCUT2D eigenvalue weighted by Crippen LogP contribution is -2.32. The van der Waals surface area contributed by atoms with Crippen molar-refractivity contribution in [2.45, 2.75) is 13.0 Å². The molecule has 0 bridgehead atoms. The van der Waals surface area contributed by atoms with Crippen LogP contribution in [0.2, 0.25) is 0 Å². The molecule has 1 aromatic heterocycles. The number of halogens is 1. The smallest absolute Gasteiger partial charge is 0.273 e. The van der Waals surface area contributed by atoms with Crippen molar-refractivity contribution in [3.05, 3.63) is 71.5 Å². The van der Waals surface area contributed by atoms with Crippen LogP contribution in [0.5, 0.6) is 5.75 Å². The number of aromatic nitrogens is 3. The number of carbonyl (C=O) groups excluding carboxylic acids is 1. The Hall–Kier alpha value is -2.94. The number of nitrogens with one attached hydrogen (secondary N) is 1. The molecule has 1 atom stereocenters. The zero-order chi connectivity index (χ0) is 20.6. The Morgan fingerprint density at radius 2 is 1.80 bits per heavy atom. The Kier molecular flexibility index (Phi) is 8.79. The van der Waals surface area contributed by atoms with E-state index < -0.39 is 0 Å². The number of aryl methyl sites for hydroxylation is 1. The molecule has 30 heavy (non-hydrogen) atoms. The SMILES string of the molecule is COCCOc1ccc(-n2nc(C)c(C(=O)NCC(N)c3ccccc3)n2)cc1.Cl. The molecule has 2 aromatic carbocycles. The van der Waals surface area contributed by atoms with Gasteiger partial charge in [0, 0.05) is 19.7 Å². The molecule has 0 aliphatic rings. The lowest BCUT2D eigenvalue weighted by atomic mass is 10.1. The molecule has 0 saturated carbocycles. The summed E-state index contributed by atoms with van der Waals surface area (Å²) >= 11 is 0. The van der Waals surface area contributed by atoms with E-state index in [4.69, 9.17) is 15.2 Å². The molecule has 160 valence electrons. The second kappa shape index (κ2) is 11.3. The summed E-state index contributed by atoms with van der Waals surface area (Å²) in [4.78, 5) is 14.0. The number of carbonyl (C=O) groups is 1. The van der Waals surface area contributed by atoms with E-state index in [1.165, 1.54) is 4.80 Å². The van der Waals surface area contributed by atoms with Gasteiger partial charge in [-0.2, -0.15) is 9.90 Å². The monoisotopic (exact) mass is 431 g/mol. The molecule has 3 N–H and O–H groups in total. The number of rotatable bonds is 9. The second-order valence-corrected chi connectivity index (χ2v) is 6.49. The molecule has 1 unspecified atom stereocenters. The molecule has 0 spiro atoms. The summed E-state index contributed by atoms with van der Waals surface area (Å²) in [6.07, 6.45) is 0. The largest absolute Gasteiger partial charge is 0.491 e. The molecule has 3 aromatic rings. The van der Waals surface area contributed by atoms with Crippen molar-refractivity contribution < 1.29 is 14.3 Å². The fourth-order valence-electron chi connectivity index (χ4n) is 2.73. The summed E-state index contributed by atoms with van der Waals surface area (Å²) in [5, 5.41) is 11.5. The van der Waals surface area contributed by atoms with E-state index in [2.05, 4.69) is 15.5 Å². The van der Waals surface area contributed by atoms with E-state index in [1.807, 2.05) is 54.6 Å². The third kappa shape index (κ3) is 6.03. The van der Waals surface area contributed by atoms with Gasteiger partial charge in [0.2, 0.25) is 0 Å². The summed E-state index contributed by atoms with van der Waals surface area (Å²) in [5.74, 6) is 0.419. The minimum Gasteiger partial charge on any atom is -0.491 e. The van der Waals surface area contributed by atoms with E-state index in [0.717, 1.165) is 17.0 Å². The number of methoxy groups -OCH3 is 1. The number of nitrogens with zero attached hydrogens (tertiary/aromatic N) is 3. The predicted octanol–water partition coefficient (Wildman–Crippen LogP) is 2.45. The van der Waals surface area contributed by atoms with Crippen LogP contribution in [0.1, 0.15) is 27.8 Å². The number of ether oxygens (including phenoxy) is 2. The van der Waals surface area contributed by atoms with Gasteiger partial charge in [0.25, 0.3) is 5.91 Å². The van der Waals surface area contributed by atoms with Crippen molar-refractivity contribution in [2.24, 2.45) is 5.73 Å². The van der Waals surface area contributed by atoms with Gasteiger partial charge in [-0.25, -0.2) is 0 Å². The van der Waals surface area contributed by atoms with Crippen LogP contribution in [0.15, 0.2) is 54.6 Å². The van der Waals surface area contributed by atoms with Crippen LogP contribution >= 0.6 is 12.4 Å². The van der Waals surface area contributed by atoms with Crippen molar-refractivity contribution in [3.8, 4) is 11.4 Å². The molecule has 0 aliphatic heterocycles. The number of benzene rings is 2. The van der Waals surface area contributed by atoms with E-state index in [1.54, 1.807) is 14.0 Å². The molecule has 0 saturated heterocycles. The highest BCUT2D eigenvalue weighted by Crippen LogP contribution is 2.15. The molecule has 0 radical (unpaired) electrons. The van der Waals surface area contributed by atoms with Gasteiger partial charge >= 0.3 is 0 Å². The third-order valence-corrected chi connectivity index (χ3v) is 4.33. The molecule has 1 amide bonds. The third-order valence-electron chi connectivity index (χ3n) is 4.33. The van der Waals surface area contributed by atoms with Crippen LogP contribution in [0, 0.1) is 6.92 Å². The molecule has 0 fully saturated rings. The van der Waals surface area contributed by atoms with E-state index in [0.29, 0.717) is 25.5 Å². The normalized spacial score (nSPS) is 11.4. The standard InChI is InChI=1S/C21H25N5O3.ClH/c1-15-20(21(27)23-14-19(22)16-6-4-3-5-7-16)25-26(24-15)17-8-10-18(11-9-17)29-13-12-28-2;/h3-11,19H,12-14,22H2,1-2H3,(H,23,27);1H. The average Bonchev–Trinajstić information content (AvgIpc) is 3.15. The molecular weight excluding hydrogens is 406 g/mol. The molecule has 1 heterocycles. The summed E-state index contributed by atoms with van der Waals surface area (Å²) in [7, 11) is 1.63. The fourth-order valence-corrected chi connectivity index (χ4v) is 2.73. The van der Waals surface area contributed by atoms with E-state index in [-0.39, 0.29) is 30.0 Å². The van der Waals surface area contributed by atoms with Gasteiger partial charge in [-0.05, 0) is 36.8 Å². The van der Waals surface area contributed by atoms with Gasteiger partial charge in [0.05, 0.1) is 18.0 Å². The second-order valence-electron chi connectivity index (χ2n) is 6.49. The number of hydrogen-bond donors (Lipinski definition) is 2. The number of amides is 1. The first-order valence-corrected chi connectivity index (χ1v) is 9.33. The highest BCUT2D eigenvalue weighted by Gasteiger charge is 2.17. The molecule has 8 nitrogen and oxygen atoms in total. The van der Waals surface area contributed by atoms with E-state index >= 15 is 0 Å². The first-order chi connectivity index (χ1) is 14.1. The highest BCUT2D eigenvalue weighted by molar-refractivity contribution is 5.93. The first kappa shape index (κ1) is 23.3. The quantitative estimate of drug-likeness (QED) is 0.504. The van der Waals surface area contributed by atoms with Crippen molar-refractivity contribution in [1.29, 1.82) is 0 Å². The highest BCUT2D eigenvalue weighted by atomic mass is 35.5. The van der Waals surface area contributed by atoms with Crippen molar-refractivity contribution in [2.75, 3.05) is 26.9 Å². The first-order valence-electron chi connectivity index (χ1n) is 9.33. The van der Waals surface area contributed by atoms with Gasteiger partial charge in [-0.1, -0.05) is 30.3 Å². The fraction of sp³-hybridized carbons (Fsp3) is 0.286. The van der Waals surface area contributed by atoms with Crippen LogP contribution < -0.4 is 15.8 Å². The van der Waals surface area contributed by atoms with Crippen molar-refractivity contribution in [1.82, 2.24) is 20.3 Å². The van der Waals surface area contributed by atoms with Crippen molar-refractivity contribution in [3.63, 3.8) is 0 Å². The summed E-state index contributed by atoms with van der Waals surface area (Å²) in [6, 6.07) is 16.6.